The molecule has 374 valence electrons. The highest BCUT2D eigenvalue weighted by molar-refractivity contribution is 7.75. The zero-order valence-electron chi connectivity index (χ0n) is 44.8. The van der Waals surface area contributed by atoms with E-state index in [0.29, 0.717) is 0 Å². The normalized spacial score (nSPS) is 12.0. The highest BCUT2D eigenvalue weighted by atomic mass is 31.2. The van der Waals surface area contributed by atoms with Gasteiger partial charge in [-0.05, 0) is 44.9 Å². The van der Waals surface area contributed by atoms with Crippen molar-refractivity contribution in [2.24, 2.45) is 0 Å². The van der Waals surface area contributed by atoms with Gasteiger partial charge in [0.05, 0.1) is 24.6 Å². The highest BCUT2D eigenvalue weighted by Crippen LogP contribution is 2.61. The number of hydrogen-bond acceptors (Lipinski definition) is 0. The average Bonchev–Trinajstić information content (AvgIpc) is 3.28. The fourth-order valence-electron chi connectivity index (χ4n) is 10.7. The van der Waals surface area contributed by atoms with Crippen LogP contribution in [0.2, 0.25) is 0 Å². The van der Waals surface area contributed by atoms with Gasteiger partial charge in [0.1, 0.15) is 0 Å². The number of hydrogen-bond donors (Lipinski definition) is 0. The van der Waals surface area contributed by atoms with Crippen molar-refractivity contribution in [2.75, 3.05) is 24.6 Å². The van der Waals surface area contributed by atoms with E-state index in [9.17, 15) is 0 Å². The summed E-state index contributed by atoms with van der Waals surface area (Å²) >= 11 is 0. The van der Waals surface area contributed by atoms with Crippen LogP contribution < -0.4 is 0 Å². The lowest BCUT2D eigenvalue weighted by Crippen LogP contribution is -2.13. The minimum absolute atomic E-state index is 0.782. The van der Waals surface area contributed by atoms with Gasteiger partial charge in [-0.25, -0.2) is 0 Å². The zero-order valence-corrected chi connectivity index (χ0v) is 45.6. The second-order valence-corrected chi connectivity index (χ2v) is 26.0. The molecule has 62 heavy (non-hydrogen) atoms. The molecule has 0 aromatic heterocycles. The second kappa shape index (κ2) is 55.8. The minimum atomic E-state index is -0.782. The predicted molar refractivity (Wildman–Crippen MR) is 294 cm³/mol. The summed E-state index contributed by atoms with van der Waals surface area (Å²) in [6.07, 6.45) is 85.6. The third kappa shape index (κ3) is 49.9. The molecule has 0 spiro atoms. The van der Waals surface area contributed by atoms with Crippen molar-refractivity contribution in [3.8, 4) is 0 Å². The lowest BCUT2D eigenvalue weighted by atomic mass is 10.0. The van der Waals surface area contributed by atoms with E-state index in [1.165, 1.54) is 321 Å². The van der Waals surface area contributed by atoms with E-state index in [4.69, 9.17) is 0 Å². The summed E-state index contributed by atoms with van der Waals surface area (Å²) in [5.41, 5.74) is 0. The van der Waals surface area contributed by atoms with Crippen LogP contribution in [0.15, 0.2) is 0 Å². The Kier molecular flexibility index (Phi) is 56.1. The second-order valence-electron chi connectivity index (χ2n) is 21.6. The molecular weight excluding hydrogens is 764 g/mol. The highest BCUT2D eigenvalue weighted by Gasteiger charge is 2.34. The van der Waals surface area contributed by atoms with Crippen molar-refractivity contribution in [1.29, 1.82) is 0 Å². The lowest BCUT2D eigenvalue weighted by molar-refractivity contribution is 0.528. The van der Waals surface area contributed by atoms with Gasteiger partial charge in [-0.2, -0.15) is 0 Å². The topological polar surface area (TPSA) is 0 Å². The van der Waals surface area contributed by atoms with Crippen LogP contribution in [0.4, 0.5) is 0 Å². The van der Waals surface area contributed by atoms with Crippen LogP contribution in [0.1, 0.15) is 368 Å². The molecule has 0 saturated carbocycles. The van der Waals surface area contributed by atoms with Gasteiger partial charge in [0.25, 0.3) is 0 Å². The fourth-order valence-corrected chi connectivity index (χ4v) is 15.7. The molecule has 0 aromatic carbocycles. The van der Waals surface area contributed by atoms with Crippen LogP contribution in [0.25, 0.3) is 0 Å². The molecule has 0 atom stereocenters. The van der Waals surface area contributed by atoms with E-state index in [2.05, 4.69) is 27.7 Å². The first kappa shape index (κ1) is 62.4. The van der Waals surface area contributed by atoms with Crippen LogP contribution in [0.3, 0.4) is 0 Å². The number of unbranched alkanes of at least 4 members (excludes halogenated alkanes) is 49. The SMILES string of the molecule is CCCCCCCCCCCCCCCCCCC[P+](CCCC)(CCCCCCCCCCCCCCCCCCC)CCCCCCCCCCCCCCCCCCC. The standard InChI is InChI=1S/C61H126P/c1-5-9-13-16-19-22-25-28-31-34-37-40-43-46-49-52-55-59-62(58-12-8-4,60-56-53-50-47-44-41-38-35-32-29-26-23-20-17-14-10-6-2)61-57-54-51-48-45-42-39-36-33-30-27-24-21-18-15-11-7-3/h5-61H2,1-4H3/q+1. The molecule has 0 heterocycles. The Morgan fingerprint density at radius 1 is 0.129 bits per heavy atom. The smallest absolute Gasteiger partial charge is 0.0594 e. The third-order valence-corrected chi connectivity index (χ3v) is 20.3. The molecule has 0 amide bonds. The lowest BCUT2D eigenvalue weighted by Gasteiger charge is -2.28. The van der Waals surface area contributed by atoms with Crippen LogP contribution >= 0.6 is 7.26 Å². The molecule has 0 N–H and O–H groups in total. The van der Waals surface area contributed by atoms with Gasteiger partial charge in [-0.1, -0.05) is 323 Å². The summed E-state index contributed by atoms with van der Waals surface area (Å²) in [6.45, 7) is 9.44. The molecular formula is C61H126P+. The van der Waals surface area contributed by atoms with Crippen molar-refractivity contribution in [3.05, 3.63) is 0 Å². The van der Waals surface area contributed by atoms with Crippen molar-refractivity contribution < 1.29 is 0 Å². The Hall–Kier alpha value is 0.430. The van der Waals surface area contributed by atoms with Gasteiger partial charge < -0.3 is 0 Å². The zero-order chi connectivity index (χ0) is 44.8. The van der Waals surface area contributed by atoms with Crippen LogP contribution in [-0.4, -0.2) is 24.6 Å². The van der Waals surface area contributed by atoms with Gasteiger partial charge in [-0.15, -0.1) is 0 Å². The van der Waals surface area contributed by atoms with Crippen LogP contribution in [-0.2, 0) is 0 Å². The molecule has 0 saturated heterocycles. The Bertz CT molecular complexity index is 665. The van der Waals surface area contributed by atoms with E-state index >= 15 is 0 Å². The summed E-state index contributed by atoms with van der Waals surface area (Å²) < 4.78 is 0. The van der Waals surface area contributed by atoms with E-state index in [0.717, 1.165) is 0 Å². The maximum atomic E-state index is 2.47. The molecule has 0 nitrogen and oxygen atoms in total. The van der Waals surface area contributed by atoms with Crippen molar-refractivity contribution in [1.82, 2.24) is 0 Å². The van der Waals surface area contributed by atoms with E-state index in [1.54, 1.807) is 43.9 Å². The summed E-state index contributed by atoms with van der Waals surface area (Å²) in [6, 6.07) is 0. The molecule has 0 unspecified atom stereocenters. The summed E-state index contributed by atoms with van der Waals surface area (Å²) in [5.74, 6) is 0. The molecule has 0 aromatic rings. The van der Waals surface area contributed by atoms with Crippen molar-refractivity contribution in [2.45, 2.75) is 368 Å². The van der Waals surface area contributed by atoms with Crippen LogP contribution in [0, 0.1) is 0 Å². The van der Waals surface area contributed by atoms with Crippen LogP contribution in [0.5, 0.6) is 0 Å². The monoisotopic (exact) mass is 890 g/mol. The maximum absolute atomic E-state index is 2.47. The van der Waals surface area contributed by atoms with Crippen molar-refractivity contribution in [3.63, 3.8) is 0 Å². The van der Waals surface area contributed by atoms with Gasteiger partial charge >= 0.3 is 0 Å². The first-order valence-electron chi connectivity index (χ1n) is 30.6. The molecule has 0 bridgehead atoms. The van der Waals surface area contributed by atoms with E-state index in [1.807, 2.05) is 0 Å². The van der Waals surface area contributed by atoms with Crippen molar-refractivity contribution >= 4 is 7.26 Å². The van der Waals surface area contributed by atoms with Gasteiger partial charge in [0.15, 0.2) is 0 Å². The van der Waals surface area contributed by atoms with Gasteiger partial charge in [0.2, 0.25) is 0 Å². The molecule has 0 aliphatic heterocycles. The summed E-state index contributed by atoms with van der Waals surface area (Å²) in [5, 5.41) is 0. The number of rotatable bonds is 57. The Balaban J connectivity index is 4.39. The molecule has 1 heteroatoms. The van der Waals surface area contributed by atoms with Gasteiger partial charge in [0, 0.05) is 7.26 Å². The summed E-state index contributed by atoms with van der Waals surface area (Å²) in [4.78, 5) is 0. The van der Waals surface area contributed by atoms with E-state index in [-0.39, 0.29) is 0 Å². The first-order chi connectivity index (χ1) is 30.7. The van der Waals surface area contributed by atoms with E-state index < -0.39 is 7.26 Å². The predicted octanol–water partition coefficient (Wildman–Crippen LogP) is 23.8. The summed E-state index contributed by atoms with van der Waals surface area (Å²) in [7, 11) is -0.782. The quantitative estimate of drug-likeness (QED) is 0.0422. The molecule has 0 radical (unpaired) electrons. The fraction of sp³-hybridized carbons (Fsp3) is 1.00. The maximum Gasteiger partial charge on any atom is 0.0594 e. The largest absolute Gasteiger partial charge is 0.0654 e. The Morgan fingerprint density at radius 2 is 0.242 bits per heavy atom. The minimum Gasteiger partial charge on any atom is -0.0654 e. The first-order valence-corrected chi connectivity index (χ1v) is 33.1. The molecule has 0 aliphatic carbocycles. The molecule has 0 aliphatic rings. The third-order valence-electron chi connectivity index (χ3n) is 15.2. The molecule has 0 fully saturated rings. The van der Waals surface area contributed by atoms with Gasteiger partial charge in [-0.3, -0.25) is 0 Å². The Labute approximate surface area is 398 Å². The Morgan fingerprint density at radius 3 is 0.387 bits per heavy atom. The molecule has 0 rings (SSSR count). The average molecular weight is 891 g/mol.